The van der Waals surface area contributed by atoms with Gasteiger partial charge in [-0.1, -0.05) is 35.9 Å². The lowest BCUT2D eigenvalue weighted by Crippen LogP contribution is -2.66. The molecule has 2 saturated heterocycles. The molecule has 0 saturated carbocycles. The first-order chi connectivity index (χ1) is 16.3. The van der Waals surface area contributed by atoms with Crippen molar-refractivity contribution in [3.05, 3.63) is 64.2 Å². The molecule has 1 spiro atoms. The Hall–Kier alpha value is -1.75. The highest BCUT2D eigenvalue weighted by Crippen LogP contribution is 2.40. The average molecular weight is 494 g/mol. The minimum Gasteiger partial charge on any atom is -0.494 e. The highest BCUT2D eigenvalue weighted by atomic mass is 35.5. The van der Waals surface area contributed by atoms with E-state index >= 15 is 0 Å². The predicted octanol–water partition coefficient (Wildman–Crippen LogP) is 1.60. The molecule has 2 aromatic carbocycles. The summed E-state index contributed by atoms with van der Waals surface area (Å²) >= 11 is 6.48. The second-order valence-electron chi connectivity index (χ2n) is 8.92. The molecule has 0 bridgehead atoms. The van der Waals surface area contributed by atoms with Gasteiger partial charge in [-0.05, 0) is 48.2 Å². The van der Waals surface area contributed by atoms with Crippen molar-refractivity contribution in [3.8, 4) is 5.75 Å². The van der Waals surface area contributed by atoms with E-state index in [9.17, 15) is 15.3 Å². The van der Waals surface area contributed by atoms with Gasteiger partial charge in [0, 0.05) is 5.02 Å². The first kappa shape index (κ1) is 25.3. The Morgan fingerprint density at radius 2 is 1.71 bits per heavy atom. The fourth-order valence-electron chi connectivity index (χ4n) is 4.43. The number of ether oxygens (including phenoxy) is 4. The molecule has 9 heteroatoms. The van der Waals surface area contributed by atoms with Crippen LogP contribution in [0.3, 0.4) is 0 Å². The molecule has 0 radical (unpaired) electrons. The summed E-state index contributed by atoms with van der Waals surface area (Å²) in [7, 11) is 0. The van der Waals surface area contributed by atoms with E-state index in [-0.39, 0.29) is 32.5 Å². The topological polar surface area (TPSA) is 124 Å². The van der Waals surface area contributed by atoms with Gasteiger partial charge in [-0.3, -0.25) is 0 Å². The molecular formula is C25H32ClNO7. The Bertz CT molecular complexity index is 947. The number of nitrogens with two attached hydrogens (primary N) is 1. The third-order valence-corrected chi connectivity index (χ3v) is 6.64. The first-order valence-electron chi connectivity index (χ1n) is 11.5. The lowest BCUT2D eigenvalue weighted by molar-refractivity contribution is -0.300. The van der Waals surface area contributed by atoms with Crippen LogP contribution in [0.25, 0.3) is 0 Å². The number of halogens is 1. The van der Waals surface area contributed by atoms with Crippen molar-refractivity contribution in [2.75, 3.05) is 33.0 Å². The van der Waals surface area contributed by atoms with Crippen LogP contribution < -0.4 is 10.5 Å². The summed E-state index contributed by atoms with van der Waals surface area (Å²) in [6.07, 6.45) is -4.57. The van der Waals surface area contributed by atoms with E-state index in [0.29, 0.717) is 23.6 Å². The first-order valence-corrected chi connectivity index (χ1v) is 11.8. The number of aliphatic hydroxyl groups excluding tert-OH is 3. The Balaban J connectivity index is 1.58. The van der Waals surface area contributed by atoms with Gasteiger partial charge in [0.25, 0.3) is 0 Å². The van der Waals surface area contributed by atoms with Gasteiger partial charge in [-0.15, -0.1) is 0 Å². The SMILES string of the molecule is CCOc1ccc(Cc2cc([C@@H]3OC4(COCC(N)COC4)[C@@H](O)[C@H](O)[C@H]3O)ccc2Cl)cc1. The van der Waals surface area contributed by atoms with Crippen molar-refractivity contribution in [1.82, 2.24) is 0 Å². The number of aliphatic hydroxyl groups is 3. The monoisotopic (exact) mass is 493 g/mol. The molecular weight excluding hydrogens is 462 g/mol. The summed E-state index contributed by atoms with van der Waals surface area (Å²) in [5, 5.41) is 32.8. The van der Waals surface area contributed by atoms with Crippen LogP contribution in [-0.2, 0) is 20.6 Å². The minimum absolute atomic E-state index is 0.0330. The molecule has 2 heterocycles. The second kappa shape index (κ2) is 10.9. The molecule has 2 fully saturated rings. The normalized spacial score (nSPS) is 32.2. The molecule has 5 N–H and O–H groups in total. The van der Waals surface area contributed by atoms with E-state index in [1.807, 2.05) is 37.3 Å². The number of hydrogen-bond acceptors (Lipinski definition) is 8. The third kappa shape index (κ3) is 5.40. The summed E-state index contributed by atoms with van der Waals surface area (Å²) < 4.78 is 23.0. The van der Waals surface area contributed by atoms with Gasteiger partial charge in [0.15, 0.2) is 0 Å². The summed E-state index contributed by atoms with van der Waals surface area (Å²) in [6, 6.07) is 12.8. The highest BCUT2D eigenvalue weighted by molar-refractivity contribution is 6.31. The van der Waals surface area contributed by atoms with Crippen LogP contribution >= 0.6 is 11.6 Å². The van der Waals surface area contributed by atoms with Crippen molar-refractivity contribution in [2.45, 2.75) is 49.4 Å². The Morgan fingerprint density at radius 3 is 2.35 bits per heavy atom. The van der Waals surface area contributed by atoms with Gasteiger partial charge in [0.2, 0.25) is 0 Å². The maximum Gasteiger partial charge on any atom is 0.144 e. The Labute approximate surface area is 204 Å². The van der Waals surface area contributed by atoms with E-state index < -0.39 is 30.0 Å². The largest absolute Gasteiger partial charge is 0.494 e. The zero-order valence-electron chi connectivity index (χ0n) is 19.1. The van der Waals surface area contributed by atoms with Crippen molar-refractivity contribution >= 4 is 11.6 Å². The maximum absolute atomic E-state index is 10.8. The standard InChI is InChI=1S/C25H32ClNO7/c1-2-33-19-6-3-15(4-7-19)9-17-10-16(5-8-20(17)26)23-21(28)22(29)24(30)25(34-23)13-31-11-18(27)12-32-14-25/h3-8,10,18,21-24,28-30H,2,9,11-14,27H2,1H3/t18?,21-,22-,23+,24+,25?/m1/s1. The lowest BCUT2D eigenvalue weighted by Gasteiger charge is -2.49. The summed E-state index contributed by atoms with van der Waals surface area (Å²) in [5.74, 6) is 0.798. The zero-order valence-corrected chi connectivity index (χ0v) is 19.9. The van der Waals surface area contributed by atoms with Crippen LogP contribution in [0.2, 0.25) is 5.02 Å². The molecule has 4 atom stereocenters. The minimum atomic E-state index is -1.45. The van der Waals surface area contributed by atoms with Crippen LogP contribution in [0.1, 0.15) is 29.7 Å². The molecule has 0 aromatic heterocycles. The van der Waals surface area contributed by atoms with Gasteiger partial charge < -0.3 is 40.0 Å². The smallest absolute Gasteiger partial charge is 0.144 e. The molecule has 4 rings (SSSR count). The van der Waals surface area contributed by atoms with E-state index in [4.69, 9.17) is 36.3 Å². The van der Waals surface area contributed by atoms with Crippen molar-refractivity contribution in [3.63, 3.8) is 0 Å². The van der Waals surface area contributed by atoms with E-state index in [1.165, 1.54) is 0 Å². The molecule has 0 unspecified atom stereocenters. The molecule has 8 nitrogen and oxygen atoms in total. The van der Waals surface area contributed by atoms with Gasteiger partial charge in [0.05, 0.1) is 39.1 Å². The van der Waals surface area contributed by atoms with Crippen molar-refractivity contribution in [1.29, 1.82) is 0 Å². The van der Waals surface area contributed by atoms with Gasteiger partial charge in [-0.2, -0.15) is 0 Å². The Kier molecular flexibility index (Phi) is 8.12. The molecule has 34 heavy (non-hydrogen) atoms. The van der Waals surface area contributed by atoms with Crippen LogP contribution in [0.15, 0.2) is 42.5 Å². The fraction of sp³-hybridized carbons (Fsp3) is 0.520. The third-order valence-electron chi connectivity index (χ3n) is 6.27. The molecule has 0 aliphatic carbocycles. The van der Waals surface area contributed by atoms with Crippen LogP contribution in [0.4, 0.5) is 0 Å². The highest BCUT2D eigenvalue weighted by Gasteiger charge is 2.54. The maximum atomic E-state index is 10.8. The fourth-order valence-corrected chi connectivity index (χ4v) is 4.61. The predicted molar refractivity (Wildman–Crippen MR) is 126 cm³/mol. The van der Waals surface area contributed by atoms with Crippen LogP contribution in [-0.4, -0.2) is 78.3 Å². The zero-order chi connectivity index (χ0) is 24.3. The molecule has 2 aromatic rings. The molecule has 2 aliphatic heterocycles. The lowest BCUT2D eigenvalue weighted by atomic mass is 9.83. The number of benzene rings is 2. The van der Waals surface area contributed by atoms with Crippen LogP contribution in [0.5, 0.6) is 5.75 Å². The van der Waals surface area contributed by atoms with Gasteiger partial charge in [-0.25, -0.2) is 0 Å². The number of hydrogen-bond donors (Lipinski definition) is 4. The van der Waals surface area contributed by atoms with Crippen LogP contribution in [0, 0.1) is 0 Å². The second-order valence-corrected chi connectivity index (χ2v) is 9.33. The molecule has 0 amide bonds. The van der Waals surface area contributed by atoms with Gasteiger partial charge >= 0.3 is 0 Å². The van der Waals surface area contributed by atoms with E-state index in [1.54, 1.807) is 12.1 Å². The quantitative estimate of drug-likeness (QED) is 0.495. The van der Waals surface area contributed by atoms with E-state index in [0.717, 1.165) is 16.9 Å². The summed E-state index contributed by atoms with van der Waals surface area (Å²) in [4.78, 5) is 0. The number of rotatable bonds is 5. The molecule has 186 valence electrons. The summed E-state index contributed by atoms with van der Waals surface area (Å²) in [5.41, 5.74) is 7.04. The Morgan fingerprint density at radius 1 is 1.03 bits per heavy atom. The van der Waals surface area contributed by atoms with Crippen molar-refractivity contribution in [2.24, 2.45) is 5.73 Å². The molecule has 2 aliphatic rings. The van der Waals surface area contributed by atoms with Gasteiger partial charge in [0.1, 0.15) is 35.8 Å². The van der Waals surface area contributed by atoms with E-state index in [2.05, 4.69) is 0 Å². The summed E-state index contributed by atoms with van der Waals surface area (Å²) in [6.45, 7) is 2.93. The average Bonchev–Trinajstić information content (AvgIpc) is 2.81. The van der Waals surface area contributed by atoms with Crippen molar-refractivity contribution < 1.29 is 34.3 Å².